The van der Waals surface area contributed by atoms with E-state index in [2.05, 4.69) is 20.1 Å². The van der Waals surface area contributed by atoms with Crippen molar-refractivity contribution in [1.82, 2.24) is 29.5 Å². The highest BCUT2D eigenvalue weighted by atomic mass is 32.1. The van der Waals surface area contributed by atoms with Crippen LogP contribution in [0, 0.1) is 0 Å². The average molecular weight is 537 g/mol. The lowest BCUT2D eigenvalue weighted by molar-refractivity contribution is 0.0548. The molecule has 35 heavy (non-hydrogen) atoms. The standard InChI is InChI=1S/C23H20F2N6O.3H2S/c24-21(25)18-11-20(31-23(29-18)26-12-27-31)15-8-6-14-7-10-19(15)30(14)22(32)17-9-5-13-3-1-2-4-16(13)28-17;;;/h1-5,9,11-12,14-15,19,21H,6-8,10H2;3*1H2/t14-,15-,19-;;;/m0.../s1. The van der Waals surface area contributed by atoms with Gasteiger partial charge in [0.1, 0.15) is 17.7 Å². The summed E-state index contributed by atoms with van der Waals surface area (Å²) in [7, 11) is 0. The molecule has 186 valence electrons. The summed E-state index contributed by atoms with van der Waals surface area (Å²) in [6.07, 6.45) is 1.94. The number of fused-ring (bicyclic) bond motifs is 4. The van der Waals surface area contributed by atoms with E-state index in [-0.39, 0.29) is 75.9 Å². The maximum absolute atomic E-state index is 13.6. The number of rotatable bonds is 3. The summed E-state index contributed by atoms with van der Waals surface area (Å²) < 4.78 is 28.5. The van der Waals surface area contributed by atoms with Gasteiger partial charge in [0, 0.05) is 23.4 Å². The number of aromatic nitrogens is 5. The van der Waals surface area contributed by atoms with Crippen LogP contribution in [0.4, 0.5) is 8.78 Å². The van der Waals surface area contributed by atoms with Gasteiger partial charge in [-0.3, -0.25) is 4.79 Å². The summed E-state index contributed by atoms with van der Waals surface area (Å²) in [6.45, 7) is 0. The first-order valence-electron chi connectivity index (χ1n) is 10.8. The second kappa shape index (κ2) is 10.7. The topological polar surface area (TPSA) is 76.3 Å². The number of pyridine rings is 1. The zero-order chi connectivity index (χ0) is 21.8. The first kappa shape index (κ1) is 27.2. The van der Waals surface area contributed by atoms with E-state index in [1.165, 1.54) is 16.9 Å². The predicted molar refractivity (Wildman–Crippen MR) is 144 cm³/mol. The van der Waals surface area contributed by atoms with Gasteiger partial charge < -0.3 is 4.90 Å². The molecule has 3 atom stereocenters. The van der Waals surface area contributed by atoms with Gasteiger partial charge in [-0.15, -0.1) is 0 Å². The van der Waals surface area contributed by atoms with Crippen LogP contribution in [0.5, 0.6) is 0 Å². The minimum absolute atomic E-state index is 0. The molecule has 2 aliphatic rings. The number of alkyl halides is 2. The fraction of sp³-hybridized carbons (Fsp3) is 0.348. The zero-order valence-electron chi connectivity index (χ0n) is 18.6. The van der Waals surface area contributed by atoms with Crippen LogP contribution >= 0.6 is 40.5 Å². The van der Waals surface area contributed by atoms with Crippen molar-refractivity contribution in [3.05, 3.63) is 65.9 Å². The highest BCUT2D eigenvalue weighted by Gasteiger charge is 2.46. The van der Waals surface area contributed by atoms with Gasteiger partial charge in [0.15, 0.2) is 0 Å². The van der Waals surface area contributed by atoms with Crippen LogP contribution in [-0.4, -0.2) is 47.5 Å². The number of hydrogen-bond donors (Lipinski definition) is 0. The van der Waals surface area contributed by atoms with Crippen LogP contribution < -0.4 is 0 Å². The van der Waals surface area contributed by atoms with E-state index in [0.717, 1.165) is 36.6 Å². The third-order valence-corrected chi connectivity index (χ3v) is 6.78. The second-order valence-corrected chi connectivity index (χ2v) is 8.46. The lowest BCUT2D eigenvalue weighted by Gasteiger charge is -2.40. The summed E-state index contributed by atoms with van der Waals surface area (Å²) in [4.78, 5) is 28.0. The quantitative estimate of drug-likeness (QED) is 0.385. The molecule has 0 unspecified atom stereocenters. The fourth-order valence-corrected chi connectivity index (χ4v) is 5.36. The Morgan fingerprint density at radius 3 is 2.54 bits per heavy atom. The molecule has 2 bridgehead atoms. The molecule has 3 aromatic heterocycles. The Morgan fingerprint density at radius 1 is 0.971 bits per heavy atom. The number of amides is 1. The van der Waals surface area contributed by atoms with Crippen LogP contribution in [0.3, 0.4) is 0 Å². The number of hydrogen-bond acceptors (Lipinski definition) is 5. The summed E-state index contributed by atoms with van der Waals surface area (Å²) in [6, 6.07) is 12.8. The Kier molecular flexibility index (Phi) is 8.28. The molecular formula is C23H26F2N6OS3. The Balaban J connectivity index is 0.00000114. The average Bonchev–Trinajstić information content (AvgIpc) is 3.40. The normalized spacial score (nSPS) is 20.9. The van der Waals surface area contributed by atoms with Gasteiger partial charge in [0.05, 0.1) is 11.2 Å². The van der Waals surface area contributed by atoms with E-state index in [1.807, 2.05) is 35.2 Å². The molecule has 5 heterocycles. The number of carbonyl (C=O) groups is 1. The van der Waals surface area contributed by atoms with Crippen molar-refractivity contribution in [3.8, 4) is 0 Å². The van der Waals surface area contributed by atoms with E-state index >= 15 is 0 Å². The molecule has 2 aliphatic heterocycles. The Hall–Kier alpha value is -2.44. The first-order valence-corrected chi connectivity index (χ1v) is 10.8. The number of piperidine rings is 1. The van der Waals surface area contributed by atoms with Gasteiger partial charge in [-0.2, -0.15) is 50.6 Å². The Morgan fingerprint density at radius 2 is 1.74 bits per heavy atom. The van der Waals surface area contributed by atoms with Crippen molar-refractivity contribution in [3.63, 3.8) is 0 Å². The monoisotopic (exact) mass is 536 g/mol. The largest absolute Gasteiger partial charge is 0.331 e. The molecule has 6 rings (SSSR count). The fourth-order valence-electron chi connectivity index (χ4n) is 5.36. The van der Waals surface area contributed by atoms with Gasteiger partial charge >= 0.3 is 0 Å². The van der Waals surface area contributed by atoms with Crippen molar-refractivity contribution < 1.29 is 13.6 Å². The van der Waals surface area contributed by atoms with E-state index < -0.39 is 6.43 Å². The van der Waals surface area contributed by atoms with Crippen LogP contribution in [0.15, 0.2) is 48.8 Å². The van der Waals surface area contributed by atoms with Crippen molar-refractivity contribution in [2.75, 3.05) is 0 Å². The van der Waals surface area contributed by atoms with E-state index in [9.17, 15) is 13.6 Å². The summed E-state index contributed by atoms with van der Waals surface area (Å²) in [5, 5.41) is 5.20. The smallest absolute Gasteiger partial charge is 0.280 e. The highest BCUT2D eigenvalue weighted by molar-refractivity contribution is 7.59. The summed E-state index contributed by atoms with van der Waals surface area (Å²) in [5.41, 5.74) is 1.52. The molecule has 4 aromatic rings. The molecule has 7 nitrogen and oxygen atoms in total. The van der Waals surface area contributed by atoms with Crippen molar-refractivity contribution in [1.29, 1.82) is 0 Å². The second-order valence-electron chi connectivity index (χ2n) is 8.46. The maximum Gasteiger partial charge on any atom is 0.280 e. The number of benzene rings is 1. The number of para-hydroxylation sites is 1. The highest BCUT2D eigenvalue weighted by Crippen LogP contribution is 2.45. The number of nitrogens with zero attached hydrogens (tertiary/aromatic N) is 6. The molecular weight excluding hydrogens is 510 g/mol. The molecule has 2 fully saturated rings. The van der Waals surface area contributed by atoms with E-state index in [4.69, 9.17) is 0 Å². The lowest BCUT2D eigenvalue weighted by atomic mass is 9.86. The molecule has 0 N–H and O–H groups in total. The predicted octanol–water partition coefficient (Wildman–Crippen LogP) is 4.50. The Labute approximate surface area is 221 Å². The van der Waals surface area contributed by atoms with Crippen molar-refractivity contribution >= 4 is 63.1 Å². The van der Waals surface area contributed by atoms with Crippen LogP contribution in [0.1, 0.15) is 59.9 Å². The first-order chi connectivity index (χ1) is 15.6. The van der Waals surface area contributed by atoms with Gasteiger partial charge in [-0.1, -0.05) is 24.3 Å². The van der Waals surface area contributed by atoms with Crippen LogP contribution in [0.2, 0.25) is 0 Å². The minimum atomic E-state index is -2.70. The van der Waals surface area contributed by atoms with E-state index in [1.54, 1.807) is 6.07 Å². The summed E-state index contributed by atoms with van der Waals surface area (Å²) in [5.74, 6) is -0.0687. The third kappa shape index (κ3) is 4.58. The maximum atomic E-state index is 13.6. The zero-order valence-corrected chi connectivity index (χ0v) is 21.6. The molecule has 0 aliphatic carbocycles. The lowest BCUT2D eigenvalue weighted by Crippen LogP contribution is -2.48. The number of carbonyl (C=O) groups excluding carboxylic acids is 1. The van der Waals surface area contributed by atoms with Crippen LogP contribution in [0.25, 0.3) is 16.7 Å². The van der Waals surface area contributed by atoms with Gasteiger partial charge in [-0.05, 0) is 43.9 Å². The van der Waals surface area contributed by atoms with Crippen molar-refractivity contribution in [2.24, 2.45) is 0 Å². The van der Waals surface area contributed by atoms with E-state index in [0.29, 0.717) is 11.4 Å². The third-order valence-electron chi connectivity index (χ3n) is 6.78. The molecule has 0 radical (unpaired) electrons. The molecule has 0 saturated carbocycles. The van der Waals surface area contributed by atoms with Gasteiger partial charge in [0.25, 0.3) is 18.1 Å². The SMILES string of the molecule is O=C(c1ccc2ccccc2n1)N1[C@H]2CC[C@H](c3cc(C(F)F)nc4ncnn34)[C@@H]1CC2.S.S.S. The Bertz CT molecular complexity index is 1350. The summed E-state index contributed by atoms with van der Waals surface area (Å²) >= 11 is 0. The molecule has 0 spiro atoms. The number of halogens is 2. The molecule has 2 saturated heterocycles. The molecule has 1 amide bonds. The van der Waals surface area contributed by atoms with Crippen molar-refractivity contribution in [2.45, 2.75) is 50.1 Å². The van der Waals surface area contributed by atoms with Gasteiger partial charge in [0.2, 0.25) is 0 Å². The minimum Gasteiger partial charge on any atom is -0.331 e. The molecule has 12 heteroatoms. The van der Waals surface area contributed by atoms with Crippen LogP contribution in [-0.2, 0) is 0 Å². The van der Waals surface area contributed by atoms with Gasteiger partial charge in [-0.25, -0.2) is 23.3 Å². The molecule has 1 aromatic carbocycles.